The Morgan fingerprint density at radius 3 is 2.17 bits per heavy atom. The van der Waals surface area contributed by atoms with Crippen LogP contribution in [0.5, 0.6) is 0 Å². The zero-order chi connectivity index (χ0) is 31.8. The van der Waals surface area contributed by atoms with Crippen molar-refractivity contribution in [3.63, 3.8) is 0 Å². The van der Waals surface area contributed by atoms with Crippen molar-refractivity contribution in [3.05, 3.63) is 0 Å². The molecule has 7 aliphatic rings. The van der Waals surface area contributed by atoms with E-state index in [4.69, 9.17) is 14.5 Å². The molecular formula is C37H59N5O4. The molecule has 0 spiro atoms. The summed E-state index contributed by atoms with van der Waals surface area (Å²) < 4.78 is 11.3. The van der Waals surface area contributed by atoms with E-state index in [2.05, 4.69) is 16.7 Å². The van der Waals surface area contributed by atoms with E-state index >= 15 is 0 Å². The second-order valence-corrected chi connectivity index (χ2v) is 15.8. The topological polar surface area (TPSA) is 116 Å². The average Bonchev–Trinajstić information content (AvgIpc) is 3.30. The molecule has 3 atom stereocenters. The van der Waals surface area contributed by atoms with Gasteiger partial charge in [-0.05, 0) is 86.9 Å². The van der Waals surface area contributed by atoms with Crippen molar-refractivity contribution >= 4 is 18.0 Å². The SMILES string of the molecule is N#CC1(NC(=O)C(CC2CC3CCC(CC3)C2)N=C(NC(=O)OCC2CCCCC2)N2CCOCC2)CCC(C2CCCCC2)C1. The van der Waals surface area contributed by atoms with Gasteiger partial charge in [0.15, 0.2) is 0 Å². The quantitative estimate of drug-likeness (QED) is 0.226. The van der Waals surface area contributed by atoms with E-state index in [1.54, 1.807) is 0 Å². The van der Waals surface area contributed by atoms with Crippen LogP contribution in [0.4, 0.5) is 4.79 Å². The van der Waals surface area contributed by atoms with Gasteiger partial charge in [-0.3, -0.25) is 10.1 Å². The number of amides is 2. The molecule has 46 heavy (non-hydrogen) atoms. The van der Waals surface area contributed by atoms with Gasteiger partial charge in [-0.25, -0.2) is 9.79 Å². The molecule has 2 bridgehead atoms. The predicted octanol–water partition coefficient (Wildman–Crippen LogP) is 6.72. The smallest absolute Gasteiger partial charge is 0.413 e. The summed E-state index contributed by atoms with van der Waals surface area (Å²) in [5.74, 6) is 3.73. The fraction of sp³-hybridized carbons (Fsp3) is 0.892. The largest absolute Gasteiger partial charge is 0.449 e. The number of alkyl carbamates (subject to hydrolysis) is 1. The minimum atomic E-state index is -0.832. The summed E-state index contributed by atoms with van der Waals surface area (Å²) >= 11 is 0. The zero-order valence-electron chi connectivity index (χ0n) is 28.2. The van der Waals surface area contributed by atoms with Crippen LogP contribution in [0.15, 0.2) is 4.99 Å². The van der Waals surface area contributed by atoms with E-state index < -0.39 is 17.7 Å². The summed E-state index contributed by atoms with van der Waals surface area (Å²) in [6.07, 6.45) is 22.4. The Labute approximate surface area is 277 Å². The number of ether oxygens (including phenoxy) is 2. The Kier molecular flexibility index (Phi) is 11.8. The molecule has 9 nitrogen and oxygen atoms in total. The minimum Gasteiger partial charge on any atom is -0.449 e. The maximum atomic E-state index is 14.4. The number of guanidine groups is 1. The first-order valence-electron chi connectivity index (χ1n) is 19.1. The zero-order valence-corrected chi connectivity index (χ0v) is 28.2. The van der Waals surface area contributed by atoms with Gasteiger partial charge in [-0.1, -0.05) is 77.0 Å². The van der Waals surface area contributed by atoms with E-state index in [1.165, 1.54) is 77.0 Å². The number of aliphatic imine (C=N–C) groups is 1. The Balaban J connectivity index is 1.20. The molecule has 256 valence electrons. The summed E-state index contributed by atoms with van der Waals surface area (Å²) in [5.41, 5.74) is -0.832. The van der Waals surface area contributed by atoms with E-state index in [0.29, 0.717) is 75.4 Å². The lowest BCUT2D eigenvalue weighted by molar-refractivity contribution is -0.124. The molecule has 7 fully saturated rings. The van der Waals surface area contributed by atoms with Crippen LogP contribution < -0.4 is 10.6 Å². The summed E-state index contributed by atoms with van der Waals surface area (Å²) in [6, 6.07) is 1.90. The second-order valence-electron chi connectivity index (χ2n) is 15.8. The van der Waals surface area contributed by atoms with E-state index in [9.17, 15) is 14.9 Å². The third kappa shape index (κ3) is 8.96. The first-order chi connectivity index (χ1) is 22.5. The Morgan fingerprint density at radius 1 is 0.870 bits per heavy atom. The van der Waals surface area contributed by atoms with Crippen LogP contribution in [-0.4, -0.2) is 67.4 Å². The van der Waals surface area contributed by atoms with E-state index in [0.717, 1.165) is 50.4 Å². The second kappa shape index (κ2) is 16.2. The van der Waals surface area contributed by atoms with Crippen molar-refractivity contribution in [3.8, 4) is 6.07 Å². The lowest BCUT2D eigenvalue weighted by Crippen LogP contribution is -2.52. The van der Waals surface area contributed by atoms with Gasteiger partial charge in [-0.2, -0.15) is 5.26 Å². The highest BCUT2D eigenvalue weighted by molar-refractivity contribution is 5.96. The molecule has 3 unspecified atom stereocenters. The molecule has 1 heterocycles. The fourth-order valence-corrected chi connectivity index (χ4v) is 9.91. The number of carbonyl (C=O) groups excluding carboxylic acids is 2. The minimum absolute atomic E-state index is 0.162. The van der Waals surface area contributed by atoms with Crippen LogP contribution in [0.2, 0.25) is 0 Å². The number of rotatable bonds is 8. The number of nitriles is 1. The van der Waals surface area contributed by atoms with Gasteiger partial charge in [0, 0.05) is 13.1 Å². The van der Waals surface area contributed by atoms with Gasteiger partial charge in [0.05, 0.1) is 25.9 Å². The maximum absolute atomic E-state index is 14.4. The van der Waals surface area contributed by atoms with Crippen molar-refractivity contribution in [2.45, 2.75) is 140 Å². The van der Waals surface area contributed by atoms with E-state index in [-0.39, 0.29) is 5.91 Å². The third-order valence-electron chi connectivity index (χ3n) is 12.6. The predicted molar refractivity (Wildman–Crippen MR) is 178 cm³/mol. The highest BCUT2D eigenvalue weighted by Gasteiger charge is 2.45. The first-order valence-corrected chi connectivity index (χ1v) is 19.1. The summed E-state index contributed by atoms with van der Waals surface area (Å²) in [5, 5.41) is 16.7. The molecule has 0 aromatic rings. The average molecular weight is 638 g/mol. The molecular weight excluding hydrogens is 578 g/mol. The van der Waals surface area contributed by atoms with Crippen molar-refractivity contribution in [1.82, 2.24) is 15.5 Å². The van der Waals surface area contributed by atoms with Crippen LogP contribution >= 0.6 is 0 Å². The fourth-order valence-electron chi connectivity index (χ4n) is 9.91. The molecule has 0 aromatic heterocycles. The molecule has 9 heteroatoms. The number of carbonyl (C=O) groups is 2. The summed E-state index contributed by atoms with van der Waals surface area (Å²) in [7, 11) is 0. The van der Waals surface area contributed by atoms with Crippen molar-refractivity contribution in [1.29, 1.82) is 5.26 Å². The van der Waals surface area contributed by atoms with Gasteiger partial charge >= 0.3 is 6.09 Å². The Morgan fingerprint density at radius 2 is 1.52 bits per heavy atom. The number of nitrogens with zero attached hydrogens (tertiary/aromatic N) is 3. The lowest BCUT2D eigenvalue weighted by atomic mass is 9.78. The molecule has 0 radical (unpaired) electrons. The maximum Gasteiger partial charge on any atom is 0.413 e. The number of nitrogens with one attached hydrogen (secondary N) is 2. The van der Waals surface area contributed by atoms with Crippen molar-refractivity contribution in [2.75, 3.05) is 32.9 Å². The van der Waals surface area contributed by atoms with Crippen LogP contribution in [0, 0.1) is 46.8 Å². The van der Waals surface area contributed by atoms with Gasteiger partial charge in [0.25, 0.3) is 0 Å². The van der Waals surface area contributed by atoms with Crippen LogP contribution in [0.3, 0.4) is 0 Å². The highest BCUT2D eigenvalue weighted by Crippen LogP contribution is 2.45. The number of hydrogen-bond acceptors (Lipinski definition) is 6. The highest BCUT2D eigenvalue weighted by atomic mass is 16.5. The van der Waals surface area contributed by atoms with Crippen LogP contribution in [-0.2, 0) is 14.3 Å². The van der Waals surface area contributed by atoms with Gasteiger partial charge in [-0.15, -0.1) is 0 Å². The molecule has 1 aliphatic heterocycles. The molecule has 2 N–H and O–H groups in total. The molecule has 2 amide bonds. The summed E-state index contributed by atoms with van der Waals surface area (Å²) in [6.45, 7) is 2.69. The van der Waals surface area contributed by atoms with Crippen molar-refractivity contribution < 1.29 is 19.1 Å². The van der Waals surface area contributed by atoms with Gasteiger partial charge in [0.1, 0.15) is 11.6 Å². The standard InChI is InChI=1S/C37H59N5O4/c38-26-37(16-15-32(24-37)31-9-5-2-6-10-31)41-34(43)33(23-30-21-27-11-12-28(22-30)14-13-27)39-35(42-17-19-45-20-18-42)40-36(44)46-25-29-7-3-1-4-8-29/h27-33H,1-25H2,(H,41,43)(H,39,40,44). The van der Waals surface area contributed by atoms with Gasteiger partial charge < -0.3 is 19.7 Å². The Hall–Kier alpha value is -2.34. The molecule has 6 saturated carbocycles. The number of hydrogen-bond donors (Lipinski definition) is 2. The van der Waals surface area contributed by atoms with Crippen molar-refractivity contribution in [2.24, 2.45) is 40.5 Å². The molecule has 6 aliphatic carbocycles. The van der Waals surface area contributed by atoms with Crippen LogP contribution in [0.1, 0.15) is 128 Å². The first kappa shape index (κ1) is 33.6. The molecule has 1 saturated heterocycles. The normalized spacial score (nSPS) is 33.5. The lowest BCUT2D eigenvalue weighted by Gasteiger charge is -2.32. The number of fused-ring (bicyclic) bond motifs is 4. The summed E-state index contributed by atoms with van der Waals surface area (Å²) in [4.78, 5) is 34.7. The van der Waals surface area contributed by atoms with Gasteiger partial charge in [0.2, 0.25) is 11.9 Å². The molecule has 7 rings (SSSR count). The Bertz CT molecular complexity index is 1070. The number of morpholine rings is 1. The third-order valence-corrected chi connectivity index (χ3v) is 12.6. The van der Waals surface area contributed by atoms with Crippen LogP contribution in [0.25, 0.3) is 0 Å². The van der Waals surface area contributed by atoms with E-state index in [1.807, 2.05) is 4.90 Å². The monoisotopic (exact) mass is 637 g/mol. The molecule has 0 aromatic carbocycles.